The van der Waals surface area contributed by atoms with Crippen molar-refractivity contribution in [3.05, 3.63) is 29.1 Å². The Labute approximate surface area is 148 Å². The second kappa shape index (κ2) is 6.45. The van der Waals surface area contributed by atoms with E-state index < -0.39 is 11.7 Å². The normalized spacial score (nSPS) is 24.9. The van der Waals surface area contributed by atoms with Crippen LogP contribution < -0.4 is 4.90 Å². The monoisotopic (exact) mass is 370 g/mol. The fourth-order valence-corrected chi connectivity index (χ4v) is 4.71. The molecule has 1 unspecified atom stereocenters. The fraction of sp³-hybridized carbons (Fsp3) is 0.556. The highest BCUT2D eigenvalue weighted by molar-refractivity contribution is 7.17. The number of alkyl halides is 3. The van der Waals surface area contributed by atoms with Crippen molar-refractivity contribution < 1.29 is 18.3 Å². The number of thiophene rings is 1. The summed E-state index contributed by atoms with van der Waals surface area (Å²) >= 11 is 1.38. The number of rotatable bonds is 4. The van der Waals surface area contributed by atoms with Gasteiger partial charge in [-0.3, -0.25) is 4.90 Å². The molecule has 0 radical (unpaired) electrons. The Morgan fingerprint density at radius 3 is 2.52 bits per heavy atom. The molecule has 1 aliphatic heterocycles. The van der Waals surface area contributed by atoms with Gasteiger partial charge in [-0.15, -0.1) is 11.3 Å². The van der Waals surface area contributed by atoms with Crippen LogP contribution in [0.4, 0.5) is 18.9 Å². The summed E-state index contributed by atoms with van der Waals surface area (Å²) < 4.78 is 39.3. The van der Waals surface area contributed by atoms with Crippen LogP contribution in [0.3, 0.4) is 0 Å². The molecule has 0 bridgehead atoms. The molecule has 1 aliphatic carbocycles. The minimum atomic E-state index is -4.29. The number of aliphatic hydroxyl groups excluding tert-OH is 1. The molecule has 1 saturated carbocycles. The summed E-state index contributed by atoms with van der Waals surface area (Å²) in [7, 11) is 0. The van der Waals surface area contributed by atoms with Crippen LogP contribution in [0, 0.1) is 11.8 Å². The van der Waals surface area contributed by atoms with Crippen molar-refractivity contribution in [3.63, 3.8) is 0 Å². The van der Waals surface area contributed by atoms with Gasteiger partial charge in [0, 0.05) is 54.8 Å². The molecule has 1 saturated heterocycles. The number of piperazine rings is 1. The van der Waals surface area contributed by atoms with Crippen LogP contribution in [0.25, 0.3) is 10.1 Å². The van der Waals surface area contributed by atoms with Gasteiger partial charge >= 0.3 is 6.18 Å². The summed E-state index contributed by atoms with van der Waals surface area (Å²) in [4.78, 5) is 4.71. The van der Waals surface area contributed by atoms with Crippen LogP contribution in [0.1, 0.15) is 12.0 Å². The molecule has 2 heterocycles. The van der Waals surface area contributed by atoms with Crippen molar-refractivity contribution in [2.75, 3.05) is 44.2 Å². The minimum Gasteiger partial charge on any atom is -0.396 e. The number of fused-ring (bicyclic) bond motifs is 1. The van der Waals surface area contributed by atoms with Gasteiger partial charge in [0.15, 0.2) is 0 Å². The Bertz CT molecular complexity index is 752. The predicted molar refractivity (Wildman–Crippen MR) is 94.2 cm³/mol. The van der Waals surface area contributed by atoms with Crippen molar-refractivity contribution >= 4 is 27.1 Å². The molecule has 2 fully saturated rings. The molecule has 2 aliphatic rings. The maximum atomic E-state index is 12.9. The number of anilines is 1. The Kier molecular flexibility index (Phi) is 4.42. The van der Waals surface area contributed by atoms with Crippen molar-refractivity contribution in [1.29, 1.82) is 0 Å². The minimum absolute atomic E-state index is 0.297. The van der Waals surface area contributed by atoms with Crippen LogP contribution in [-0.2, 0) is 6.18 Å². The molecule has 0 spiro atoms. The largest absolute Gasteiger partial charge is 0.416 e. The third-order valence-electron chi connectivity index (χ3n) is 5.39. The molecular weight excluding hydrogens is 349 g/mol. The van der Waals surface area contributed by atoms with Gasteiger partial charge in [-0.05, 0) is 30.4 Å². The van der Waals surface area contributed by atoms with E-state index in [1.54, 1.807) is 6.07 Å². The molecule has 4 rings (SSSR count). The highest BCUT2D eigenvalue weighted by Gasteiger charge is 2.38. The molecular formula is C18H21F3N2OS. The van der Waals surface area contributed by atoms with Crippen LogP contribution >= 0.6 is 11.3 Å². The van der Waals surface area contributed by atoms with Crippen LogP contribution in [0.2, 0.25) is 0 Å². The molecule has 2 atom stereocenters. The van der Waals surface area contributed by atoms with E-state index in [9.17, 15) is 13.2 Å². The zero-order chi connectivity index (χ0) is 17.6. The van der Waals surface area contributed by atoms with E-state index in [0.717, 1.165) is 50.2 Å². The highest BCUT2D eigenvalue weighted by atomic mass is 32.1. The summed E-state index contributed by atoms with van der Waals surface area (Å²) in [6.45, 7) is 5.07. The van der Waals surface area contributed by atoms with Gasteiger partial charge in [0.05, 0.1) is 11.3 Å². The molecule has 1 aromatic heterocycles. The Morgan fingerprint density at radius 1 is 1.12 bits per heavy atom. The third-order valence-corrected chi connectivity index (χ3v) is 6.32. The summed E-state index contributed by atoms with van der Waals surface area (Å²) in [5, 5.41) is 12.0. The molecule has 25 heavy (non-hydrogen) atoms. The molecule has 1 N–H and O–H groups in total. The van der Waals surface area contributed by atoms with Gasteiger partial charge in [-0.25, -0.2) is 0 Å². The first kappa shape index (κ1) is 17.1. The maximum absolute atomic E-state index is 12.9. The first-order valence-electron chi connectivity index (χ1n) is 8.62. The van der Waals surface area contributed by atoms with E-state index >= 15 is 0 Å². The lowest BCUT2D eigenvalue weighted by Crippen LogP contribution is -2.47. The van der Waals surface area contributed by atoms with Gasteiger partial charge < -0.3 is 10.0 Å². The lowest BCUT2D eigenvalue weighted by Gasteiger charge is -2.36. The summed E-state index contributed by atoms with van der Waals surface area (Å²) in [5.74, 6) is 1.13. The highest BCUT2D eigenvalue weighted by Crippen LogP contribution is 2.40. The SMILES string of the molecule is OC[C@@H]1CC1CN1CCN(c2csc3cc(C(F)(F)F)ccc23)CC1. The molecule has 0 amide bonds. The number of aliphatic hydroxyl groups is 1. The van der Waals surface area contributed by atoms with Gasteiger partial charge in [0.1, 0.15) is 0 Å². The van der Waals surface area contributed by atoms with E-state index in [1.807, 2.05) is 5.38 Å². The molecule has 2 aromatic rings. The second-order valence-electron chi connectivity index (χ2n) is 7.06. The zero-order valence-corrected chi connectivity index (χ0v) is 14.6. The van der Waals surface area contributed by atoms with Crippen molar-refractivity contribution in [1.82, 2.24) is 4.90 Å². The maximum Gasteiger partial charge on any atom is 0.416 e. The third kappa shape index (κ3) is 3.50. The molecule has 7 heteroatoms. The van der Waals surface area contributed by atoms with E-state index in [-0.39, 0.29) is 0 Å². The van der Waals surface area contributed by atoms with E-state index in [0.29, 0.717) is 23.1 Å². The summed E-state index contributed by atoms with van der Waals surface area (Å²) in [6.07, 6.45) is -3.16. The van der Waals surface area contributed by atoms with E-state index in [2.05, 4.69) is 9.80 Å². The van der Waals surface area contributed by atoms with Gasteiger partial charge in [-0.1, -0.05) is 6.07 Å². The van der Waals surface area contributed by atoms with Crippen molar-refractivity contribution in [2.45, 2.75) is 12.6 Å². The zero-order valence-electron chi connectivity index (χ0n) is 13.8. The Hall–Kier alpha value is -1.31. The number of halogens is 3. The fourth-order valence-electron chi connectivity index (χ4n) is 3.70. The summed E-state index contributed by atoms with van der Waals surface area (Å²) in [6, 6.07) is 4.03. The Morgan fingerprint density at radius 2 is 1.88 bits per heavy atom. The first-order valence-corrected chi connectivity index (χ1v) is 9.50. The topological polar surface area (TPSA) is 26.7 Å². The smallest absolute Gasteiger partial charge is 0.396 e. The van der Waals surface area contributed by atoms with E-state index in [1.165, 1.54) is 23.5 Å². The van der Waals surface area contributed by atoms with Crippen LogP contribution in [-0.4, -0.2) is 49.3 Å². The standard InChI is InChI=1S/C18H21F3N2OS/c19-18(20,21)14-1-2-15-16(11-25-17(15)8-14)23-5-3-22(4-6-23)9-12-7-13(12)10-24/h1-2,8,11-13,24H,3-7,9-10H2/t12?,13-/m0/s1. The van der Waals surface area contributed by atoms with Crippen molar-refractivity contribution in [3.8, 4) is 0 Å². The van der Waals surface area contributed by atoms with Gasteiger partial charge in [-0.2, -0.15) is 13.2 Å². The number of hydrogen-bond donors (Lipinski definition) is 1. The van der Waals surface area contributed by atoms with Crippen molar-refractivity contribution in [2.24, 2.45) is 11.8 Å². The van der Waals surface area contributed by atoms with Gasteiger partial charge in [0.2, 0.25) is 0 Å². The average molecular weight is 370 g/mol. The second-order valence-corrected chi connectivity index (χ2v) is 7.97. The predicted octanol–water partition coefficient (Wildman–Crippen LogP) is 3.67. The van der Waals surface area contributed by atoms with Crippen LogP contribution in [0.5, 0.6) is 0 Å². The summed E-state index contributed by atoms with van der Waals surface area (Å²) in [5.41, 5.74) is 0.467. The van der Waals surface area contributed by atoms with Gasteiger partial charge in [0.25, 0.3) is 0 Å². The average Bonchev–Trinajstić information content (AvgIpc) is 3.20. The van der Waals surface area contributed by atoms with Crippen LogP contribution in [0.15, 0.2) is 23.6 Å². The molecule has 1 aromatic carbocycles. The first-order chi connectivity index (χ1) is 12.0. The lowest BCUT2D eigenvalue weighted by molar-refractivity contribution is -0.137. The lowest BCUT2D eigenvalue weighted by atomic mass is 10.1. The Balaban J connectivity index is 1.43. The number of hydrogen-bond acceptors (Lipinski definition) is 4. The van der Waals surface area contributed by atoms with E-state index in [4.69, 9.17) is 5.11 Å². The molecule has 3 nitrogen and oxygen atoms in total. The quantitative estimate of drug-likeness (QED) is 0.890. The number of benzene rings is 1. The molecule has 136 valence electrons. The number of nitrogens with zero attached hydrogens (tertiary/aromatic N) is 2.